The zero-order chi connectivity index (χ0) is 91.8. The van der Waals surface area contributed by atoms with Crippen LogP contribution in [0.3, 0.4) is 0 Å². The van der Waals surface area contributed by atoms with Gasteiger partial charge >= 0.3 is 0 Å². The van der Waals surface area contributed by atoms with Crippen LogP contribution in [0.2, 0.25) is 0 Å². The normalized spacial score (nSPS) is 22.2. The second-order valence-electron chi connectivity index (χ2n) is 40.5. The van der Waals surface area contributed by atoms with Crippen LogP contribution in [0.1, 0.15) is 332 Å². The largest absolute Gasteiger partial charge is 0.392 e. The number of unbranched alkanes of at least 4 members (excludes halogenated alkanes) is 2. The predicted octanol–water partition coefficient (Wildman–Crippen LogP) is 17.3. The number of piperazine rings is 1. The lowest BCUT2D eigenvalue weighted by Crippen LogP contribution is -2.45. The van der Waals surface area contributed by atoms with E-state index in [0.29, 0.717) is 60.4 Å². The summed E-state index contributed by atoms with van der Waals surface area (Å²) in [6.07, 6.45) is 39.5. The van der Waals surface area contributed by atoms with E-state index >= 15 is 0 Å². The number of likely N-dealkylation sites (tertiary alicyclic amines) is 8. The molecule has 0 radical (unpaired) electrons. The molecule has 0 aromatic carbocycles. The molecule has 0 spiro atoms. The summed E-state index contributed by atoms with van der Waals surface area (Å²) >= 11 is 0. The van der Waals surface area contributed by atoms with Gasteiger partial charge in [0.1, 0.15) is 0 Å². The number of ether oxygens (including phenoxy) is 9. The highest BCUT2D eigenvalue weighted by atomic mass is 16.5. The van der Waals surface area contributed by atoms with E-state index in [9.17, 15) is 15.3 Å². The van der Waals surface area contributed by atoms with Gasteiger partial charge in [0.25, 0.3) is 0 Å². The molecule has 0 amide bonds. The summed E-state index contributed by atoms with van der Waals surface area (Å²) in [6, 6.07) is 0.794. The first-order valence-electron chi connectivity index (χ1n) is 52.1. The van der Waals surface area contributed by atoms with Crippen molar-refractivity contribution in [2.45, 2.75) is 411 Å². The monoisotopic (exact) mass is 1770 g/mol. The molecular weight excluding hydrogens is 1560 g/mol. The second-order valence-corrected chi connectivity index (χ2v) is 40.5. The third kappa shape index (κ3) is 78.6. The van der Waals surface area contributed by atoms with Gasteiger partial charge in [-0.15, -0.1) is 0 Å². The van der Waals surface area contributed by atoms with E-state index in [-0.39, 0.29) is 18.3 Å². The average Bonchev–Trinajstić information content (AvgIpc) is 0.862. The van der Waals surface area contributed by atoms with Crippen molar-refractivity contribution in [3.8, 4) is 0 Å². The van der Waals surface area contributed by atoms with Crippen molar-refractivity contribution in [1.29, 1.82) is 0 Å². The average molecular weight is 1770 g/mol. The van der Waals surface area contributed by atoms with E-state index in [1.165, 1.54) is 240 Å². The van der Waals surface area contributed by atoms with Gasteiger partial charge in [-0.3, -0.25) is 4.90 Å². The first-order valence-corrected chi connectivity index (χ1v) is 52.1. The van der Waals surface area contributed by atoms with Crippen LogP contribution in [0.4, 0.5) is 0 Å². The van der Waals surface area contributed by atoms with Gasteiger partial charge in [-0.1, -0.05) is 39.5 Å². The minimum atomic E-state index is -0.102. The van der Waals surface area contributed by atoms with Gasteiger partial charge in [-0.25, -0.2) is 0 Å². The van der Waals surface area contributed by atoms with E-state index < -0.39 is 0 Å². The molecule has 22 heteroatoms. The Hall–Kier alpha value is -0.880. The zero-order valence-electron chi connectivity index (χ0n) is 86.2. The van der Waals surface area contributed by atoms with Crippen LogP contribution in [-0.4, -0.2) is 393 Å². The Labute approximate surface area is 769 Å². The molecule has 22 nitrogen and oxygen atoms in total. The third-order valence-electron chi connectivity index (χ3n) is 24.0. The molecule has 0 aromatic heterocycles. The van der Waals surface area contributed by atoms with E-state index in [1.54, 1.807) is 0 Å². The number of nitrogens with zero attached hydrogens (tertiary/aromatic N) is 10. The van der Waals surface area contributed by atoms with Gasteiger partial charge in [0, 0.05) is 150 Å². The fourth-order valence-electron chi connectivity index (χ4n) is 16.9. The predicted molar refractivity (Wildman–Crippen MR) is 526 cm³/mol. The summed E-state index contributed by atoms with van der Waals surface area (Å²) in [5.74, 6) is 0. The SMILES string of the molecule is CC(C)OCCCCN1CCCCC1.CC(C)OCCCCN1CCCCC1.CC(C)OCCCN1CCCC(C)(C)C1.CC(C)OCCCN1CCCC(O)C1.CC(C)OCCCN1CCCC[C@@H]1C.CC(C)OCCCN1CCC[C@@H](O)C1.CC(C)OCCCN1CCC[C@H](O)C1.CC(C)OCCN1CCCCC1.CC(C)OCCN1CCN(C)CC1. The molecule has 4 atom stereocenters. The minimum absolute atomic E-state index is 0.102. The number of piperidine rings is 8. The number of rotatable bonds is 45. The quantitative estimate of drug-likeness (QED) is 0.0490. The number of likely N-dealkylation sites (N-methyl/N-ethyl adjacent to an activating group) is 1. The van der Waals surface area contributed by atoms with E-state index in [4.69, 9.17) is 42.6 Å². The highest BCUT2D eigenvalue weighted by Crippen LogP contribution is 2.28. The first kappa shape index (κ1) is 121. The van der Waals surface area contributed by atoms with Crippen LogP contribution >= 0.6 is 0 Å². The van der Waals surface area contributed by atoms with Gasteiger partial charge in [0.15, 0.2) is 0 Å². The molecule has 3 N–H and O–H groups in total. The van der Waals surface area contributed by atoms with Gasteiger partial charge in [0.2, 0.25) is 0 Å². The highest BCUT2D eigenvalue weighted by Gasteiger charge is 2.27. The van der Waals surface area contributed by atoms with Gasteiger partial charge in [-0.2, -0.15) is 0 Å². The second kappa shape index (κ2) is 80.6. The number of hydrogen-bond acceptors (Lipinski definition) is 22. The number of hydrogen-bond donors (Lipinski definition) is 3. The Bertz CT molecular complexity index is 2110. The van der Waals surface area contributed by atoms with Crippen molar-refractivity contribution in [3.05, 3.63) is 0 Å². The standard InChI is InChI=1S/C13H27NO.3C12H25NO.3C11H23NO2.C10H22N2O.C10H21NO/c1-12(2)15-10-6-9-14-8-5-7-13(3,4)11-14;1-11(2)14-10-6-9-13-8-5-4-7-12(13)3;2*1-12(2)14-11-7-6-10-13-8-4-3-5-9-13;3*1-10(2)14-8-4-7-12-6-3-5-11(13)9-12;1-10(2)13-9-8-12-6-4-11(3)5-7-12;1-10(2)12-9-8-11-6-4-3-5-7-11/h12H,5-11H2,1-4H3;11-12H,4-10H2,1-3H3;2*12H,3-11H2,1-2H3;3*10-11,13H,3-9H2,1-2H3;10H,4-9H2,1-3H3;10H,3-9H2,1-2H3/t;12-;;;2*11-;;;/m.0..10.../s1. The fourth-order valence-corrected chi connectivity index (χ4v) is 16.9. The molecule has 0 saturated carbocycles. The molecule has 1 unspecified atom stereocenters. The molecule has 0 bridgehead atoms. The summed E-state index contributed by atoms with van der Waals surface area (Å²) in [6.45, 7) is 85.4. The molecule has 9 rings (SSSR count). The smallest absolute Gasteiger partial charge is 0.0667 e. The van der Waals surface area contributed by atoms with Crippen molar-refractivity contribution < 1.29 is 58.0 Å². The molecule has 744 valence electrons. The Kier molecular flexibility index (Phi) is 78.7. The maximum atomic E-state index is 9.45. The van der Waals surface area contributed by atoms with Crippen LogP contribution in [0, 0.1) is 5.41 Å². The lowest BCUT2D eigenvalue weighted by atomic mass is 9.84. The summed E-state index contributed by atoms with van der Waals surface area (Å²) in [7, 11) is 2.18. The zero-order valence-corrected chi connectivity index (χ0v) is 86.2. The molecule has 9 heterocycles. The number of aliphatic hydroxyl groups is 3. The lowest BCUT2D eigenvalue weighted by molar-refractivity contribution is 0.0478. The summed E-state index contributed by atoms with van der Waals surface area (Å²) in [5.41, 5.74) is 0.525. The first-order chi connectivity index (χ1) is 59.3. The Morgan fingerprint density at radius 1 is 0.250 bits per heavy atom. The van der Waals surface area contributed by atoms with Crippen molar-refractivity contribution in [2.24, 2.45) is 5.41 Å². The Morgan fingerprint density at radius 3 is 0.815 bits per heavy atom. The van der Waals surface area contributed by atoms with Crippen molar-refractivity contribution >= 4 is 0 Å². The van der Waals surface area contributed by atoms with E-state index in [1.807, 2.05) is 0 Å². The fraction of sp³-hybridized carbons (Fsp3) is 1.00. The van der Waals surface area contributed by atoms with E-state index in [0.717, 1.165) is 195 Å². The number of aliphatic hydroxyl groups excluding tert-OH is 3. The lowest BCUT2D eigenvalue weighted by Gasteiger charge is -2.38. The maximum Gasteiger partial charge on any atom is 0.0667 e. The summed E-state index contributed by atoms with van der Waals surface area (Å²) in [5, 5.41) is 28.4. The summed E-state index contributed by atoms with van der Waals surface area (Å²) in [4.78, 5) is 24.7. The summed E-state index contributed by atoms with van der Waals surface area (Å²) < 4.78 is 49.6. The van der Waals surface area contributed by atoms with Crippen molar-refractivity contribution in [2.75, 3.05) is 250 Å². The molecule has 9 saturated heterocycles. The molecule has 9 aliphatic rings. The van der Waals surface area contributed by atoms with Gasteiger partial charge in [0.05, 0.1) is 86.5 Å². The van der Waals surface area contributed by atoms with Crippen LogP contribution in [-0.2, 0) is 42.6 Å². The van der Waals surface area contributed by atoms with Gasteiger partial charge in [-0.05, 0) is 390 Å². The highest BCUT2D eigenvalue weighted by molar-refractivity contribution is 4.81. The molecule has 9 aliphatic heterocycles. The van der Waals surface area contributed by atoms with Crippen LogP contribution in [0.5, 0.6) is 0 Å². The molecular formula is C102H214N10O12. The molecule has 124 heavy (non-hydrogen) atoms. The third-order valence-corrected chi connectivity index (χ3v) is 24.0. The minimum Gasteiger partial charge on any atom is -0.392 e. The van der Waals surface area contributed by atoms with Gasteiger partial charge < -0.3 is 102 Å². The van der Waals surface area contributed by atoms with Crippen LogP contribution in [0.25, 0.3) is 0 Å². The van der Waals surface area contributed by atoms with Crippen LogP contribution in [0.15, 0.2) is 0 Å². The number of β-amino-alcohol motifs (C(OH)–C–C–N with tert-alkyl or cyclic N) is 3. The Morgan fingerprint density at radius 2 is 0.508 bits per heavy atom. The van der Waals surface area contributed by atoms with E-state index in [2.05, 4.69) is 201 Å². The molecule has 9 fully saturated rings. The van der Waals surface area contributed by atoms with Crippen LogP contribution < -0.4 is 0 Å². The Balaban J connectivity index is 0.000000698. The molecule has 0 aliphatic carbocycles. The maximum absolute atomic E-state index is 9.45. The molecule has 0 aromatic rings. The van der Waals surface area contributed by atoms with Crippen molar-refractivity contribution in [1.82, 2.24) is 49.0 Å². The van der Waals surface area contributed by atoms with Crippen molar-refractivity contribution in [3.63, 3.8) is 0 Å². The topological polar surface area (TPSA) is 176 Å².